The van der Waals surface area contributed by atoms with E-state index in [0.717, 1.165) is 5.57 Å². The van der Waals surface area contributed by atoms with Crippen molar-refractivity contribution in [3.05, 3.63) is 40.6 Å². The Labute approximate surface area is 97.9 Å². The van der Waals surface area contributed by atoms with E-state index in [4.69, 9.17) is 0 Å². The minimum absolute atomic E-state index is 0.0268. The lowest BCUT2D eigenvalue weighted by Crippen LogP contribution is -2.28. The summed E-state index contributed by atoms with van der Waals surface area (Å²) in [6.45, 7) is 6.24. The fourth-order valence-corrected chi connectivity index (χ4v) is 1.60. The highest BCUT2D eigenvalue weighted by Gasteiger charge is 2.11. The Kier molecular flexibility index (Phi) is 4.03. The van der Waals surface area contributed by atoms with Crippen LogP contribution >= 0.6 is 15.9 Å². The third-order valence-electron chi connectivity index (χ3n) is 1.83. The number of halogens is 1. The first-order valence-electron chi connectivity index (χ1n) is 4.52. The second kappa shape index (κ2) is 5.07. The molecule has 0 saturated heterocycles. The van der Waals surface area contributed by atoms with E-state index >= 15 is 0 Å². The van der Waals surface area contributed by atoms with Crippen LogP contribution in [0, 0.1) is 0 Å². The van der Waals surface area contributed by atoms with Crippen LogP contribution in [0.3, 0.4) is 0 Å². The van der Waals surface area contributed by atoms with E-state index in [9.17, 15) is 4.79 Å². The molecule has 0 atom stereocenters. The van der Waals surface area contributed by atoms with E-state index in [-0.39, 0.29) is 5.91 Å². The van der Waals surface area contributed by atoms with Crippen LogP contribution in [0.4, 0.5) is 0 Å². The zero-order chi connectivity index (χ0) is 11.4. The molecular formula is C11H13BrN2O. The second-order valence-electron chi connectivity index (χ2n) is 3.49. The molecule has 15 heavy (non-hydrogen) atoms. The monoisotopic (exact) mass is 268 g/mol. The van der Waals surface area contributed by atoms with Crippen LogP contribution in [-0.2, 0) is 0 Å². The van der Waals surface area contributed by atoms with Gasteiger partial charge in [-0.15, -0.1) is 0 Å². The molecule has 0 aliphatic carbocycles. The highest BCUT2D eigenvalue weighted by molar-refractivity contribution is 9.10. The highest BCUT2D eigenvalue weighted by Crippen LogP contribution is 2.10. The quantitative estimate of drug-likeness (QED) is 0.624. The third kappa shape index (κ3) is 3.47. The number of aromatic nitrogens is 1. The number of carbonyl (C=O) groups is 1. The van der Waals surface area contributed by atoms with Gasteiger partial charge in [0.05, 0.1) is 0 Å². The average Bonchev–Trinajstić information content (AvgIpc) is 2.15. The maximum Gasteiger partial charge on any atom is 0.254 e. The zero-order valence-corrected chi connectivity index (χ0v) is 10.4. The van der Waals surface area contributed by atoms with Crippen LogP contribution in [0.5, 0.6) is 0 Å². The van der Waals surface area contributed by atoms with Crippen molar-refractivity contribution in [2.75, 3.05) is 13.6 Å². The number of amides is 1. The van der Waals surface area contributed by atoms with Crippen LogP contribution in [0.25, 0.3) is 0 Å². The molecule has 3 nitrogen and oxygen atoms in total. The van der Waals surface area contributed by atoms with Crippen molar-refractivity contribution >= 4 is 21.8 Å². The van der Waals surface area contributed by atoms with Crippen molar-refractivity contribution in [1.82, 2.24) is 9.88 Å². The summed E-state index contributed by atoms with van der Waals surface area (Å²) in [7, 11) is 1.76. The van der Waals surface area contributed by atoms with Crippen molar-refractivity contribution in [3.8, 4) is 0 Å². The Bertz CT molecular complexity index is 390. The number of nitrogens with zero attached hydrogens (tertiary/aromatic N) is 2. The number of hydrogen-bond acceptors (Lipinski definition) is 2. The van der Waals surface area contributed by atoms with E-state index in [1.165, 1.54) is 0 Å². The van der Waals surface area contributed by atoms with E-state index in [1.807, 2.05) is 6.92 Å². The lowest BCUT2D eigenvalue weighted by atomic mass is 10.2. The van der Waals surface area contributed by atoms with Gasteiger partial charge in [-0.3, -0.25) is 4.79 Å². The maximum atomic E-state index is 11.9. The molecule has 1 aromatic rings. The molecule has 0 N–H and O–H groups in total. The van der Waals surface area contributed by atoms with Gasteiger partial charge in [-0.25, -0.2) is 4.98 Å². The van der Waals surface area contributed by atoms with Gasteiger partial charge in [0.1, 0.15) is 4.60 Å². The highest BCUT2D eigenvalue weighted by atomic mass is 79.9. The molecule has 80 valence electrons. The molecule has 1 aromatic heterocycles. The summed E-state index contributed by atoms with van der Waals surface area (Å²) in [5, 5.41) is 0. The zero-order valence-electron chi connectivity index (χ0n) is 8.83. The molecule has 0 saturated carbocycles. The molecule has 0 bridgehead atoms. The van der Waals surface area contributed by atoms with Crippen LogP contribution in [0.15, 0.2) is 35.1 Å². The van der Waals surface area contributed by atoms with E-state index in [2.05, 4.69) is 27.5 Å². The molecule has 0 unspecified atom stereocenters. The van der Waals surface area contributed by atoms with Crippen LogP contribution in [-0.4, -0.2) is 29.4 Å². The van der Waals surface area contributed by atoms with Crippen molar-refractivity contribution in [3.63, 3.8) is 0 Å². The molecule has 0 fully saturated rings. The standard InChI is InChI=1S/C11H13BrN2O/c1-8(2)7-14(3)11(15)9-4-5-13-10(12)6-9/h4-6H,1,7H2,2-3H3. The molecule has 4 heteroatoms. The lowest BCUT2D eigenvalue weighted by molar-refractivity contribution is 0.0807. The molecule has 0 aliphatic rings. The number of carbonyl (C=O) groups excluding carboxylic acids is 1. The number of likely N-dealkylation sites (N-methyl/N-ethyl adjacent to an activating group) is 1. The topological polar surface area (TPSA) is 33.2 Å². The summed E-state index contributed by atoms with van der Waals surface area (Å²) in [5.41, 5.74) is 1.58. The molecule has 1 heterocycles. The van der Waals surface area contributed by atoms with E-state index in [1.54, 1.807) is 30.3 Å². The Balaban J connectivity index is 2.80. The molecular weight excluding hydrogens is 256 g/mol. The molecule has 1 rings (SSSR count). The Hall–Kier alpha value is -1.16. The van der Waals surface area contributed by atoms with E-state index in [0.29, 0.717) is 16.7 Å². The van der Waals surface area contributed by atoms with Gasteiger partial charge in [-0.1, -0.05) is 12.2 Å². The Morgan fingerprint density at radius 2 is 2.33 bits per heavy atom. The molecule has 0 spiro atoms. The summed E-state index contributed by atoms with van der Waals surface area (Å²) in [5.74, 6) is -0.0268. The maximum absolute atomic E-state index is 11.9. The first kappa shape index (κ1) is 11.9. The minimum Gasteiger partial charge on any atom is -0.338 e. The van der Waals surface area contributed by atoms with Crippen LogP contribution in [0.2, 0.25) is 0 Å². The van der Waals surface area contributed by atoms with Gasteiger partial charge in [0.2, 0.25) is 0 Å². The molecule has 0 aliphatic heterocycles. The lowest BCUT2D eigenvalue weighted by Gasteiger charge is -2.16. The van der Waals surface area contributed by atoms with Gasteiger partial charge < -0.3 is 4.90 Å². The number of pyridine rings is 1. The third-order valence-corrected chi connectivity index (χ3v) is 2.26. The van der Waals surface area contributed by atoms with Crippen molar-refractivity contribution in [2.45, 2.75) is 6.92 Å². The smallest absolute Gasteiger partial charge is 0.254 e. The SMILES string of the molecule is C=C(C)CN(C)C(=O)c1ccnc(Br)c1. The number of hydrogen-bond donors (Lipinski definition) is 0. The predicted molar refractivity (Wildman–Crippen MR) is 63.7 cm³/mol. The summed E-state index contributed by atoms with van der Waals surface area (Å²) in [6, 6.07) is 3.40. The predicted octanol–water partition coefficient (Wildman–Crippen LogP) is 2.49. The minimum atomic E-state index is -0.0268. The fourth-order valence-electron chi connectivity index (χ4n) is 1.23. The first-order valence-corrected chi connectivity index (χ1v) is 5.31. The van der Waals surface area contributed by atoms with Gasteiger partial charge >= 0.3 is 0 Å². The summed E-state index contributed by atoms with van der Waals surface area (Å²) < 4.78 is 0.664. The normalized spacial score (nSPS) is 9.80. The molecule has 1 amide bonds. The average molecular weight is 269 g/mol. The fraction of sp³-hybridized carbons (Fsp3) is 0.273. The summed E-state index contributed by atoms with van der Waals surface area (Å²) >= 11 is 3.23. The Morgan fingerprint density at radius 3 is 2.87 bits per heavy atom. The van der Waals surface area contributed by atoms with Gasteiger partial charge in [-0.2, -0.15) is 0 Å². The van der Waals surface area contributed by atoms with Crippen LogP contribution < -0.4 is 0 Å². The van der Waals surface area contributed by atoms with E-state index < -0.39 is 0 Å². The summed E-state index contributed by atoms with van der Waals surface area (Å²) in [6.07, 6.45) is 1.60. The van der Waals surface area contributed by atoms with Gasteiger partial charge in [0.25, 0.3) is 5.91 Å². The Morgan fingerprint density at radius 1 is 1.67 bits per heavy atom. The number of rotatable bonds is 3. The summed E-state index contributed by atoms with van der Waals surface area (Å²) in [4.78, 5) is 17.5. The molecule has 0 radical (unpaired) electrons. The van der Waals surface area contributed by atoms with Crippen molar-refractivity contribution < 1.29 is 4.79 Å². The largest absolute Gasteiger partial charge is 0.338 e. The molecule has 0 aromatic carbocycles. The van der Waals surface area contributed by atoms with Crippen molar-refractivity contribution in [1.29, 1.82) is 0 Å². The van der Waals surface area contributed by atoms with Gasteiger partial charge in [0.15, 0.2) is 0 Å². The van der Waals surface area contributed by atoms with Crippen molar-refractivity contribution in [2.24, 2.45) is 0 Å². The second-order valence-corrected chi connectivity index (χ2v) is 4.30. The van der Waals surface area contributed by atoms with Gasteiger partial charge in [-0.05, 0) is 35.0 Å². The first-order chi connectivity index (χ1) is 7.00. The van der Waals surface area contributed by atoms with Gasteiger partial charge in [0, 0.05) is 25.4 Å². The van der Waals surface area contributed by atoms with Crippen LogP contribution in [0.1, 0.15) is 17.3 Å².